The highest BCUT2D eigenvalue weighted by Gasteiger charge is 2.32. The maximum Gasteiger partial charge on any atom is 0.332 e. The van der Waals surface area contributed by atoms with E-state index in [2.05, 4.69) is 17.2 Å². The van der Waals surface area contributed by atoms with E-state index in [1.165, 1.54) is 17.1 Å². The van der Waals surface area contributed by atoms with Crippen molar-refractivity contribution >= 4 is 17.8 Å². The van der Waals surface area contributed by atoms with Gasteiger partial charge in [0.15, 0.2) is 0 Å². The number of urea groups is 1. The Morgan fingerprint density at radius 1 is 0.950 bits per heavy atom. The third kappa shape index (κ3) is 8.00. The zero-order chi connectivity index (χ0) is 28.3. The quantitative estimate of drug-likeness (QED) is 0.405. The molecule has 3 aromatic rings. The summed E-state index contributed by atoms with van der Waals surface area (Å²) in [7, 11) is 0. The molecular formula is C31H34FN5O3. The summed E-state index contributed by atoms with van der Waals surface area (Å²) in [5.41, 5.74) is 2.61. The lowest BCUT2D eigenvalue weighted by molar-refractivity contribution is -0.136. The van der Waals surface area contributed by atoms with Crippen LogP contribution in [0.4, 0.5) is 9.18 Å². The average Bonchev–Trinajstić information content (AvgIpc) is 3.02. The molecule has 1 heterocycles. The fraction of sp³-hybridized carbons (Fsp3) is 0.258. The van der Waals surface area contributed by atoms with Crippen LogP contribution in [0, 0.1) is 5.82 Å². The molecule has 9 heteroatoms. The van der Waals surface area contributed by atoms with Crippen molar-refractivity contribution in [3.63, 3.8) is 0 Å². The van der Waals surface area contributed by atoms with Crippen molar-refractivity contribution in [2.75, 3.05) is 26.2 Å². The molecule has 0 radical (unpaired) electrons. The number of halogens is 1. The number of carbonyl (C=O) groups is 3. The van der Waals surface area contributed by atoms with E-state index in [4.69, 9.17) is 0 Å². The highest BCUT2D eigenvalue weighted by atomic mass is 19.1. The molecule has 2 N–H and O–H groups in total. The Balaban J connectivity index is 1.56. The van der Waals surface area contributed by atoms with Crippen molar-refractivity contribution in [1.82, 2.24) is 25.6 Å². The van der Waals surface area contributed by atoms with Crippen LogP contribution in [0.3, 0.4) is 0 Å². The minimum atomic E-state index is -0.796. The van der Waals surface area contributed by atoms with Crippen LogP contribution < -0.4 is 10.6 Å². The standard InChI is InChI=1S/C31H34FN5O3/c1-2-17-37(31(40)33-21-25-11-7-4-8-12-25)36-19-18-35(22-26-13-15-27(32)16-14-26)30(39)28(34-29(38)23-36)20-24-9-5-3-6-10-24/h2-16,28H,1,17-23H2,(H,33,40)(H,34,38)/t28-/m0/s1. The molecule has 0 bridgehead atoms. The Morgan fingerprint density at radius 3 is 2.25 bits per heavy atom. The summed E-state index contributed by atoms with van der Waals surface area (Å²) in [6.45, 7) is 4.86. The topological polar surface area (TPSA) is 85.0 Å². The van der Waals surface area contributed by atoms with Crippen molar-refractivity contribution in [3.8, 4) is 0 Å². The number of hydrazine groups is 1. The largest absolute Gasteiger partial charge is 0.343 e. The molecule has 1 fully saturated rings. The molecule has 40 heavy (non-hydrogen) atoms. The van der Waals surface area contributed by atoms with E-state index in [1.54, 1.807) is 28.1 Å². The lowest BCUT2D eigenvalue weighted by Gasteiger charge is -2.34. The van der Waals surface area contributed by atoms with E-state index in [9.17, 15) is 18.8 Å². The smallest absolute Gasteiger partial charge is 0.332 e. The number of benzene rings is 3. The van der Waals surface area contributed by atoms with Gasteiger partial charge in [0.05, 0.1) is 13.1 Å². The lowest BCUT2D eigenvalue weighted by atomic mass is 10.0. The second-order valence-electron chi connectivity index (χ2n) is 9.60. The molecule has 3 aromatic carbocycles. The molecule has 0 unspecified atom stereocenters. The lowest BCUT2D eigenvalue weighted by Crippen LogP contribution is -2.54. The summed E-state index contributed by atoms with van der Waals surface area (Å²) in [6.07, 6.45) is 1.91. The first-order valence-corrected chi connectivity index (χ1v) is 13.2. The van der Waals surface area contributed by atoms with Crippen LogP contribution in [-0.2, 0) is 29.1 Å². The van der Waals surface area contributed by atoms with Gasteiger partial charge in [-0.25, -0.2) is 14.2 Å². The number of nitrogens with one attached hydrogen (secondary N) is 2. The monoisotopic (exact) mass is 543 g/mol. The van der Waals surface area contributed by atoms with Gasteiger partial charge in [-0.15, -0.1) is 6.58 Å². The van der Waals surface area contributed by atoms with E-state index < -0.39 is 6.04 Å². The fourth-order valence-corrected chi connectivity index (χ4v) is 4.59. The van der Waals surface area contributed by atoms with Gasteiger partial charge >= 0.3 is 6.03 Å². The van der Waals surface area contributed by atoms with Gasteiger partial charge < -0.3 is 15.5 Å². The van der Waals surface area contributed by atoms with Crippen LogP contribution >= 0.6 is 0 Å². The van der Waals surface area contributed by atoms with Crippen molar-refractivity contribution in [2.45, 2.75) is 25.6 Å². The molecule has 208 valence electrons. The van der Waals surface area contributed by atoms with E-state index >= 15 is 0 Å². The minimum absolute atomic E-state index is 0.116. The SMILES string of the molecule is C=CCN(C(=O)NCc1ccccc1)N1CCN(Cc2ccc(F)cc2)C(=O)[C@H](Cc2ccccc2)NC(=O)C1. The first kappa shape index (κ1) is 28.5. The van der Waals surface area contributed by atoms with Crippen LogP contribution in [0.5, 0.6) is 0 Å². The second-order valence-corrected chi connectivity index (χ2v) is 9.60. The van der Waals surface area contributed by atoms with Gasteiger partial charge in [0.2, 0.25) is 11.8 Å². The van der Waals surface area contributed by atoms with Crippen molar-refractivity contribution in [3.05, 3.63) is 120 Å². The zero-order valence-electron chi connectivity index (χ0n) is 22.3. The normalized spacial score (nSPS) is 16.3. The molecule has 4 amide bonds. The van der Waals surface area contributed by atoms with Crippen molar-refractivity contribution < 1.29 is 18.8 Å². The highest BCUT2D eigenvalue weighted by molar-refractivity contribution is 5.89. The van der Waals surface area contributed by atoms with Crippen LogP contribution in [-0.4, -0.2) is 65.0 Å². The summed E-state index contributed by atoms with van der Waals surface area (Å²) in [4.78, 5) is 41.9. The number of nitrogens with zero attached hydrogens (tertiary/aromatic N) is 3. The molecule has 0 aliphatic carbocycles. The summed E-state index contributed by atoms with van der Waals surface area (Å²) in [6, 6.07) is 23.8. The molecule has 1 aliphatic heterocycles. The third-order valence-electron chi connectivity index (χ3n) is 6.63. The number of carbonyl (C=O) groups excluding carboxylic acids is 3. The summed E-state index contributed by atoms with van der Waals surface area (Å²) >= 11 is 0. The van der Waals surface area contributed by atoms with Crippen LogP contribution in [0.25, 0.3) is 0 Å². The molecule has 4 rings (SSSR count). The van der Waals surface area contributed by atoms with Gasteiger partial charge in [-0.2, -0.15) is 0 Å². The number of hydrogen-bond donors (Lipinski definition) is 2. The van der Waals surface area contributed by atoms with Gasteiger partial charge in [-0.3, -0.25) is 14.6 Å². The molecule has 0 spiro atoms. The average molecular weight is 544 g/mol. The molecule has 1 atom stereocenters. The summed E-state index contributed by atoms with van der Waals surface area (Å²) in [5.74, 6) is -0.975. The number of amides is 4. The molecule has 8 nitrogen and oxygen atoms in total. The van der Waals surface area contributed by atoms with E-state index in [0.717, 1.165) is 16.7 Å². The Hall–Kier alpha value is -4.50. The Bertz CT molecular complexity index is 1290. The second kappa shape index (κ2) is 14.0. The molecule has 0 saturated carbocycles. The Morgan fingerprint density at radius 2 is 1.60 bits per heavy atom. The van der Waals surface area contributed by atoms with Gasteiger partial charge in [0.1, 0.15) is 11.9 Å². The Kier molecular flexibility index (Phi) is 10.0. The Labute approximate surface area is 234 Å². The predicted octanol–water partition coefficient (Wildman–Crippen LogP) is 3.51. The first-order chi connectivity index (χ1) is 19.4. The minimum Gasteiger partial charge on any atom is -0.343 e. The van der Waals surface area contributed by atoms with Crippen molar-refractivity contribution in [1.29, 1.82) is 0 Å². The van der Waals surface area contributed by atoms with Crippen LogP contribution in [0.15, 0.2) is 97.6 Å². The van der Waals surface area contributed by atoms with E-state index in [0.29, 0.717) is 13.0 Å². The number of rotatable bonds is 9. The predicted molar refractivity (Wildman–Crippen MR) is 151 cm³/mol. The van der Waals surface area contributed by atoms with Gasteiger partial charge in [0.25, 0.3) is 0 Å². The summed E-state index contributed by atoms with van der Waals surface area (Å²) in [5, 5.41) is 8.86. The van der Waals surface area contributed by atoms with Crippen LogP contribution in [0.2, 0.25) is 0 Å². The van der Waals surface area contributed by atoms with Gasteiger partial charge in [0, 0.05) is 32.6 Å². The maximum atomic E-state index is 13.8. The van der Waals surface area contributed by atoms with Gasteiger partial charge in [-0.1, -0.05) is 78.9 Å². The maximum absolute atomic E-state index is 13.8. The molecule has 1 aliphatic rings. The fourth-order valence-electron chi connectivity index (χ4n) is 4.59. The molecule has 1 saturated heterocycles. The van der Waals surface area contributed by atoms with E-state index in [-0.39, 0.29) is 56.4 Å². The van der Waals surface area contributed by atoms with Crippen LogP contribution in [0.1, 0.15) is 16.7 Å². The summed E-state index contributed by atoms with van der Waals surface area (Å²) < 4.78 is 13.5. The zero-order valence-corrected chi connectivity index (χ0v) is 22.3. The third-order valence-corrected chi connectivity index (χ3v) is 6.63. The first-order valence-electron chi connectivity index (χ1n) is 13.2. The highest BCUT2D eigenvalue weighted by Crippen LogP contribution is 2.14. The molecular weight excluding hydrogens is 509 g/mol. The van der Waals surface area contributed by atoms with Gasteiger partial charge in [-0.05, 0) is 28.8 Å². The molecule has 0 aromatic heterocycles. The number of hydrogen-bond acceptors (Lipinski definition) is 4. The van der Waals surface area contributed by atoms with E-state index in [1.807, 2.05) is 60.7 Å². The van der Waals surface area contributed by atoms with Crippen molar-refractivity contribution in [2.24, 2.45) is 0 Å².